The molecule has 1 atom stereocenters. The summed E-state index contributed by atoms with van der Waals surface area (Å²) in [7, 11) is 2.01. The molecule has 2 heteroatoms. The van der Waals surface area contributed by atoms with Crippen LogP contribution in [0.15, 0.2) is 24.5 Å². The first-order valence-corrected chi connectivity index (χ1v) is 5.19. The second-order valence-electron chi connectivity index (χ2n) is 4.35. The highest BCUT2D eigenvalue weighted by Gasteiger charge is 2.27. The highest BCUT2D eigenvalue weighted by atomic mass is 14.9. The molecule has 1 heterocycles. The number of hydrogen-bond donors (Lipinski definition) is 1. The van der Waals surface area contributed by atoms with Gasteiger partial charge in [-0.25, -0.2) is 0 Å². The highest BCUT2D eigenvalue weighted by molar-refractivity contribution is 5.16. The van der Waals surface area contributed by atoms with Gasteiger partial charge in [0, 0.05) is 18.4 Å². The van der Waals surface area contributed by atoms with Crippen LogP contribution in [0.1, 0.15) is 38.8 Å². The van der Waals surface area contributed by atoms with Crippen LogP contribution in [0.3, 0.4) is 0 Å². The minimum absolute atomic E-state index is 0.262. The zero-order valence-corrected chi connectivity index (χ0v) is 9.54. The van der Waals surface area contributed by atoms with Gasteiger partial charge >= 0.3 is 0 Å². The molecule has 1 unspecified atom stereocenters. The lowest BCUT2D eigenvalue weighted by Gasteiger charge is -2.33. The fourth-order valence-electron chi connectivity index (χ4n) is 1.76. The lowest BCUT2D eigenvalue weighted by molar-refractivity contribution is 0.245. The third-order valence-electron chi connectivity index (χ3n) is 3.00. The molecule has 0 bridgehead atoms. The summed E-state index contributed by atoms with van der Waals surface area (Å²) in [5.74, 6) is 0. The van der Waals surface area contributed by atoms with E-state index in [0.29, 0.717) is 6.04 Å². The second-order valence-corrected chi connectivity index (χ2v) is 4.35. The summed E-state index contributed by atoms with van der Waals surface area (Å²) < 4.78 is 0. The van der Waals surface area contributed by atoms with Gasteiger partial charge in [-0.1, -0.05) is 26.8 Å². The molecule has 0 fully saturated rings. The Hall–Kier alpha value is -0.890. The Morgan fingerprint density at radius 3 is 2.64 bits per heavy atom. The predicted octanol–water partition coefficient (Wildman–Crippen LogP) is 2.78. The minimum Gasteiger partial charge on any atom is -0.312 e. The number of hydrogen-bond acceptors (Lipinski definition) is 2. The molecule has 0 radical (unpaired) electrons. The van der Waals surface area contributed by atoms with Gasteiger partial charge in [-0.05, 0) is 30.5 Å². The van der Waals surface area contributed by atoms with Crippen molar-refractivity contribution in [3.63, 3.8) is 0 Å². The number of nitrogens with one attached hydrogen (secondary N) is 1. The molecule has 2 nitrogen and oxygen atoms in total. The molecular weight excluding hydrogens is 172 g/mol. The molecule has 0 saturated carbocycles. The molecule has 0 aliphatic heterocycles. The van der Waals surface area contributed by atoms with Crippen LogP contribution in [0.2, 0.25) is 0 Å². The van der Waals surface area contributed by atoms with Crippen LogP contribution in [0, 0.1) is 5.41 Å². The van der Waals surface area contributed by atoms with Crippen molar-refractivity contribution in [1.29, 1.82) is 0 Å². The van der Waals surface area contributed by atoms with E-state index in [2.05, 4.69) is 37.1 Å². The van der Waals surface area contributed by atoms with Crippen molar-refractivity contribution in [2.75, 3.05) is 7.05 Å². The van der Waals surface area contributed by atoms with Crippen LogP contribution in [-0.2, 0) is 0 Å². The molecular formula is C12H20N2. The van der Waals surface area contributed by atoms with Gasteiger partial charge in [0.1, 0.15) is 0 Å². The number of pyridine rings is 1. The lowest BCUT2D eigenvalue weighted by Crippen LogP contribution is -2.31. The first-order valence-electron chi connectivity index (χ1n) is 5.19. The molecule has 1 aromatic heterocycles. The summed E-state index contributed by atoms with van der Waals surface area (Å²) in [6.07, 6.45) is 4.90. The molecule has 0 aliphatic carbocycles. The molecule has 0 spiro atoms. The maximum absolute atomic E-state index is 4.16. The predicted molar refractivity (Wildman–Crippen MR) is 60.1 cm³/mol. The van der Waals surface area contributed by atoms with E-state index in [1.54, 1.807) is 0 Å². The molecule has 78 valence electrons. The van der Waals surface area contributed by atoms with Crippen LogP contribution in [0.4, 0.5) is 0 Å². The van der Waals surface area contributed by atoms with Crippen molar-refractivity contribution in [1.82, 2.24) is 10.3 Å². The summed E-state index contributed by atoms with van der Waals surface area (Å²) in [6, 6.07) is 4.50. The van der Waals surface area contributed by atoms with Crippen molar-refractivity contribution in [3.8, 4) is 0 Å². The van der Waals surface area contributed by atoms with Crippen LogP contribution < -0.4 is 5.32 Å². The summed E-state index contributed by atoms with van der Waals surface area (Å²) in [4.78, 5) is 4.16. The Balaban J connectivity index is 2.93. The van der Waals surface area contributed by atoms with Gasteiger partial charge in [0.25, 0.3) is 0 Å². The van der Waals surface area contributed by atoms with Crippen molar-refractivity contribution < 1.29 is 0 Å². The summed E-state index contributed by atoms with van der Waals surface area (Å²) in [5, 5.41) is 3.37. The number of aromatic nitrogens is 1. The SMILES string of the molecule is CCC(C)(C)C(NC)c1cccnc1. The van der Waals surface area contributed by atoms with E-state index in [9.17, 15) is 0 Å². The Bertz CT molecular complexity index is 267. The standard InChI is InChI=1S/C12H20N2/c1-5-12(2,3)11(13-4)10-7-6-8-14-9-10/h6-9,11,13H,5H2,1-4H3. The smallest absolute Gasteiger partial charge is 0.0384 e. The fourth-order valence-corrected chi connectivity index (χ4v) is 1.76. The van der Waals surface area contributed by atoms with E-state index < -0.39 is 0 Å². The van der Waals surface area contributed by atoms with E-state index in [1.165, 1.54) is 5.56 Å². The maximum atomic E-state index is 4.16. The highest BCUT2D eigenvalue weighted by Crippen LogP contribution is 2.35. The quantitative estimate of drug-likeness (QED) is 0.793. The van der Waals surface area contributed by atoms with Gasteiger partial charge in [-0.15, -0.1) is 0 Å². The fraction of sp³-hybridized carbons (Fsp3) is 0.583. The average Bonchev–Trinajstić information content (AvgIpc) is 2.20. The lowest BCUT2D eigenvalue weighted by atomic mass is 9.79. The molecule has 0 saturated heterocycles. The molecule has 1 N–H and O–H groups in total. The molecule has 1 aromatic rings. The van der Waals surface area contributed by atoms with Crippen LogP contribution >= 0.6 is 0 Å². The zero-order valence-electron chi connectivity index (χ0n) is 9.54. The summed E-state index contributed by atoms with van der Waals surface area (Å²) in [6.45, 7) is 6.78. The third-order valence-corrected chi connectivity index (χ3v) is 3.00. The van der Waals surface area contributed by atoms with Crippen LogP contribution in [0.25, 0.3) is 0 Å². The zero-order chi connectivity index (χ0) is 10.6. The van der Waals surface area contributed by atoms with Gasteiger partial charge in [-0.2, -0.15) is 0 Å². The van der Waals surface area contributed by atoms with E-state index in [-0.39, 0.29) is 5.41 Å². The van der Waals surface area contributed by atoms with Gasteiger partial charge in [0.2, 0.25) is 0 Å². The third kappa shape index (κ3) is 2.32. The van der Waals surface area contributed by atoms with E-state index >= 15 is 0 Å². The Kier molecular flexibility index (Phi) is 3.64. The van der Waals surface area contributed by atoms with E-state index in [0.717, 1.165) is 6.42 Å². The number of nitrogens with zero attached hydrogens (tertiary/aromatic N) is 1. The Morgan fingerprint density at radius 2 is 2.21 bits per heavy atom. The number of rotatable bonds is 4. The Labute approximate surface area is 86.8 Å². The monoisotopic (exact) mass is 192 g/mol. The maximum Gasteiger partial charge on any atom is 0.0384 e. The van der Waals surface area contributed by atoms with Crippen molar-refractivity contribution in [2.24, 2.45) is 5.41 Å². The molecule has 0 aromatic carbocycles. The van der Waals surface area contributed by atoms with Gasteiger partial charge < -0.3 is 5.32 Å². The van der Waals surface area contributed by atoms with Gasteiger partial charge in [0.05, 0.1) is 0 Å². The molecule has 14 heavy (non-hydrogen) atoms. The first kappa shape index (κ1) is 11.2. The summed E-state index contributed by atoms with van der Waals surface area (Å²) >= 11 is 0. The largest absolute Gasteiger partial charge is 0.312 e. The topological polar surface area (TPSA) is 24.9 Å². The second kappa shape index (κ2) is 4.56. The van der Waals surface area contributed by atoms with Crippen LogP contribution in [0.5, 0.6) is 0 Å². The van der Waals surface area contributed by atoms with Crippen molar-refractivity contribution >= 4 is 0 Å². The van der Waals surface area contributed by atoms with E-state index in [1.807, 2.05) is 25.5 Å². The van der Waals surface area contributed by atoms with E-state index in [4.69, 9.17) is 0 Å². The first-order chi connectivity index (χ1) is 6.61. The molecule has 1 rings (SSSR count). The van der Waals surface area contributed by atoms with Gasteiger partial charge in [-0.3, -0.25) is 4.98 Å². The van der Waals surface area contributed by atoms with Crippen molar-refractivity contribution in [3.05, 3.63) is 30.1 Å². The molecule has 0 aliphatic rings. The van der Waals surface area contributed by atoms with Crippen LogP contribution in [-0.4, -0.2) is 12.0 Å². The summed E-state index contributed by atoms with van der Waals surface area (Å²) in [5.41, 5.74) is 1.53. The average molecular weight is 192 g/mol. The Morgan fingerprint density at radius 1 is 1.50 bits per heavy atom. The van der Waals surface area contributed by atoms with Crippen molar-refractivity contribution in [2.45, 2.75) is 33.2 Å². The molecule has 0 amide bonds. The normalized spacial score (nSPS) is 14.0. The van der Waals surface area contributed by atoms with Gasteiger partial charge in [0.15, 0.2) is 0 Å². The minimum atomic E-state index is 0.262.